The summed E-state index contributed by atoms with van der Waals surface area (Å²) in [6.07, 6.45) is 1.50. The first-order chi connectivity index (χ1) is 13.8. The monoisotopic (exact) mass is 482 g/mol. The molecule has 0 saturated carbocycles. The van der Waals surface area contributed by atoms with Gasteiger partial charge < -0.3 is 13.7 Å². The van der Waals surface area contributed by atoms with Crippen LogP contribution in [-0.4, -0.2) is 25.6 Å². The highest BCUT2D eigenvalue weighted by molar-refractivity contribution is 9.10. The summed E-state index contributed by atoms with van der Waals surface area (Å²) in [5.41, 5.74) is 0.378. The molecule has 0 unspecified atom stereocenters. The molecule has 0 saturated heterocycles. The first-order valence-electron chi connectivity index (χ1n) is 8.70. The Morgan fingerprint density at radius 1 is 1.21 bits per heavy atom. The van der Waals surface area contributed by atoms with E-state index >= 15 is 0 Å². The van der Waals surface area contributed by atoms with E-state index in [9.17, 15) is 13.2 Å². The van der Waals surface area contributed by atoms with Crippen molar-refractivity contribution in [2.24, 2.45) is 5.92 Å². The smallest absolute Gasteiger partial charge is 0.324 e. The molecule has 0 fully saturated rings. The van der Waals surface area contributed by atoms with Gasteiger partial charge in [0.1, 0.15) is 18.3 Å². The van der Waals surface area contributed by atoms with Crippen molar-refractivity contribution in [1.29, 1.82) is 0 Å². The van der Waals surface area contributed by atoms with E-state index in [4.69, 9.17) is 13.7 Å². The summed E-state index contributed by atoms with van der Waals surface area (Å²) in [6.45, 7) is 3.29. The van der Waals surface area contributed by atoms with Crippen LogP contribution in [0.5, 0.6) is 0 Å². The zero-order valence-electron chi connectivity index (χ0n) is 15.7. The Hall–Kier alpha value is -2.43. The zero-order valence-corrected chi connectivity index (χ0v) is 18.1. The van der Waals surface area contributed by atoms with Crippen molar-refractivity contribution in [3.8, 4) is 11.5 Å². The third-order valence-electron chi connectivity index (χ3n) is 4.01. The van der Waals surface area contributed by atoms with E-state index in [2.05, 4.69) is 25.8 Å². The Morgan fingerprint density at radius 2 is 1.93 bits per heavy atom. The van der Waals surface area contributed by atoms with Gasteiger partial charge in [0.15, 0.2) is 5.76 Å². The molecular formula is C19H19BrN2O6S. The lowest BCUT2D eigenvalue weighted by Crippen LogP contribution is -2.45. The molecule has 0 aliphatic heterocycles. The maximum atomic E-state index is 12.6. The van der Waals surface area contributed by atoms with Crippen LogP contribution in [0, 0.1) is 5.92 Å². The number of nitrogens with one attached hydrogen (secondary N) is 1. The molecule has 0 aliphatic carbocycles. The Bertz CT molecular complexity index is 1060. The molecule has 0 amide bonds. The van der Waals surface area contributed by atoms with E-state index in [1.54, 1.807) is 44.2 Å². The van der Waals surface area contributed by atoms with Gasteiger partial charge in [-0.3, -0.25) is 4.79 Å². The van der Waals surface area contributed by atoms with Gasteiger partial charge >= 0.3 is 5.97 Å². The van der Waals surface area contributed by atoms with Crippen LogP contribution in [0.1, 0.15) is 19.5 Å². The number of hydrogen-bond donors (Lipinski definition) is 1. The van der Waals surface area contributed by atoms with Gasteiger partial charge in [-0.15, -0.1) is 0 Å². The number of esters is 1. The molecule has 10 heteroatoms. The van der Waals surface area contributed by atoms with Crippen LogP contribution >= 0.6 is 15.9 Å². The van der Waals surface area contributed by atoms with Crippen molar-refractivity contribution in [2.45, 2.75) is 31.4 Å². The van der Waals surface area contributed by atoms with Crippen molar-refractivity contribution in [2.75, 3.05) is 0 Å². The van der Waals surface area contributed by atoms with Crippen LogP contribution < -0.4 is 4.72 Å². The fraction of sp³-hybridized carbons (Fsp3) is 0.263. The molecule has 0 spiro atoms. The third-order valence-corrected chi connectivity index (χ3v) is 6.00. The summed E-state index contributed by atoms with van der Waals surface area (Å²) in [4.78, 5) is 12.6. The molecule has 3 rings (SSSR count). The maximum Gasteiger partial charge on any atom is 0.324 e. The number of ether oxygens (including phenoxy) is 1. The molecule has 1 N–H and O–H groups in total. The highest BCUT2D eigenvalue weighted by Crippen LogP contribution is 2.21. The molecule has 154 valence electrons. The number of carbonyl (C=O) groups excluding carboxylic acids is 1. The van der Waals surface area contributed by atoms with Gasteiger partial charge in [-0.2, -0.15) is 4.72 Å². The minimum atomic E-state index is -3.89. The van der Waals surface area contributed by atoms with Crippen molar-refractivity contribution >= 4 is 31.9 Å². The highest BCUT2D eigenvalue weighted by atomic mass is 79.9. The average Bonchev–Trinajstić information content (AvgIpc) is 3.36. The summed E-state index contributed by atoms with van der Waals surface area (Å²) >= 11 is 3.26. The van der Waals surface area contributed by atoms with E-state index in [1.807, 2.05) is 0 Å². The Labute approximate surface area is 176 Å². The fourth-order valence-electron chi connectivity index (χ4n) is 2.45. The van der Waals surface area contributed by atoms with Crippen LogP contribution in [0.25, 0.3) is 11.5 Å². The lowest BCUT2D eigenvalue weighted by molar-refractivity contribution is -0.148. The SMILES string of the molecule is CC(C)[C@H](NS(=O)(=O)c1ccc(Br)cc1)C(=O)OCc1cc(-c2ccco2)on1. The number of sulfonamides is 1. The van der Waals surface area contributed by atoms with Crippen molar-refractivity contribution in [1.82, 2.24) is 9.88 Å². The van der Waals surface area contributed by atoms with Gasteiger partial charge in [-0.25, -0.2) is 8.42 Å². The molecule has 29 heavy (non-hydrogen) atoms. The normalized spacial score (nSPS) is 12.8. The molecule has 0 bridgehead atoms. The molecule has 0 aliphatic rings. The number of hydrogen-bond acceptors (Lipinski definition) is 7. The number of carbonyl (C=O) groups is 1. The first kappa shape index (κ1) is 21.3. The number of benzene rings is 1. The highest BCUT2D eigenvalue weighted by Gasteiger charge is 2.30. The molecule has 8 nitrogen and oxygen atoms in total. The maximum absolute atomic E-state index is 12.6. The zero-order chi connectivity index (χ0) is 21.0. The molecule has 3 aromatic rings. The van der Waals surface area contributed by atoms with Crippen LogP contribution in [0.4, 0.5) is 0 Å². The van der Waals surface area contributed by atoms with E-state index in [-0.39, 0.29) is 17.4 Å². The minimum absolute atomic E-state index is 0.0544. The predicted molar refractivity (Wildman–Crippen MR) is 107 cm³/mol. The van der Waals surface area contributed by atoms with E-state index in [0.29, 0.717) is 17.2 Å². The molecule has 0 radical (unpaired) electrons. The van der Waals surface area contributed by atoms with E-state index in [0.717, 1.165) is 4.47 Å². The van der Waals surface area contributed by atoms with Gasteiger partial charge in [-0.05, 0) is 42.3 Å². The average molecular weight is 483 g/mol. The third kappa shape index (κ3) is 5.34. The second kappa shape index (κ2) is 8.93. The quantitative estimate of drug-likeness (QED) is 0.486. The minimum Gasteiger partial charge on any atom is -0.461 e. The van der Waals surface area contributed by atoms with Crippen molar-refractivity contribution in [3.05, 3.63) is 58.9 Å². The number of nitrogens with zero attached hydrogens (tertiary/aromatic N) is 1. The van der Waals surface area contributed by atoms with Gasteiger partial charge in [-0.1, -0.05) is 34.9 Å². The molecule has 1 atom stereocenters. The number of aromatic nitrogens is 1. The second-order valence-corrected chi connectivity index (χ2v) is 9.19. The molecule has 1 aromatic carbocycles. The molecule has 2 heterocycles. The Kier molecular flexibility index (Phi) is 6.56. The number of furan rings is 1. The lowest BCUT2D eigenvalue weighted by atomic mass is 10.1. The van der Waals surface area contributed by atoms with Gasteiger partial charge in [0.2, 0.25) is 15.8 Å². The predicted octanol–water partition coefficient (Wildman–Crippen LogP) is 3.74. The summed E-state index contributed by atoms with van der Waals surface area (Å²) in [5.74, 6) is -0.137. The van der Waals surface area contributed by atoms with Crippen molar-refractivity contribution in [3.63, 3.8) is 0 Å². The largest absolute Gasteiger partial charge is 0.461 e. The lowest BCUT2D eigenvalue weighted by Gasteiger charge is -2.20. The van der Waals surface area contributed by atoms with Gasteiger partial charge in [0.05, 0.1) is 11.2 Å². The number of rotatable bonds is 8. The van der Waals surface area contributed by atoms with Crippen LogP contribution in [-0.2, 0) is 26.2 Å². The summed E-state index contributed by atoms with van der Waals surface area (Å²) < 4.78 is 44.0. The van der Waals surface area contributed by atoms with E-state index in [1.165, 1.54) is 18.4 Å². The second-order valence-electron chi connectivity index (χ2n) is 6.56. The van der Waals surface area contributed by atoms with E-state index < -0.39 is 22.0 Å². The fourth-order valence-corrected chi connectivity index (χ4v) is 4.05. The van der Waals surface area contributed by atoms with Crippen LogP contribution in [0.3, 0.4) is 0 Å². The first-order valence-corrected chi connectivity index (χ1v) is 11.0. The number of halogens is 1. The Morgan fingerprint density at radius 3 is 2.55 bits per heavy atom. The van der Waals surface area contributed by atoms with Crippen LogP contribution in [0.2, 0.25) is 0 Å². The standard InChI is InChI=1S/C19H19BrN2O6S/c1-12(2)18(22-29(24,25)15-7-5-13(20)6-8-15)19(23)27-11-14-10-17(28-21-14)16-4-3-9-26-16/h3-10,12,18,22H,11H2,1-2H3/t18-/m0/s1. The van der Waals surface area contributed by atoms with Gasteiger partial charge in [0.25, 0.3) is 0 Å². The Balaban J connectivity index is 1.66. The topological polar surface area (TPSA) is 112 Å². The molecule has 2 aromatic heterocycles. The summed E-state index contributed by atoms with van der Waals surface area (Å²) in [5, 5.41) is 3.82. The summed E-state index contributed by atoms with van der Waals surface area (Å²) in [6, 6.07) is 10.1. The van der Waals surface area contributed by atoms with Crippen molar-refractivity contribution < 1.29 is 26.9 Å². The van der Waals surface area contributed by atoms with Gasteiger partial charge in [0, 0.05) is 10.5 Å². The molecular weight excluding hydrogens is 464 g/mol. The van der Waals surface area contributed by atoms with Crippen LogP contribution in [0.15, 0.2) is 67.0 Å². The summed E-state index contributed by atoms with van der Waals surface area (Å²) in [7, 11) is -3.89.